The number of aliphatic carboxylic acids is 1. The predicted octanol–water partition coefficient (Wildman–Crippen LogP) is 2.74. The molecule has 0 radical (unpaired) electrons. The Kier molecular flexibility index (Phi) is 5.60. The van der Waals surface area contributed by atoms with Gasteiger partial charge in [-0.15, -0.1) is 0 Å². The Bertz CT molecular complexity index is 940. The van der Waals surface area contributed by atoms with E-state index in [0.717, 1.165) is 12.8 Å². The van der Waals surface area contributed by atoms with E-state index < -0.39 is 21.8 Å². The van der Waals surface area contributed by atoms with Gasteiger partial charge in [0, 0.05) is 12.1 Å². The van der Waals surface area contributed by atoms with Crippen LogP contribution in [-0.4, -0.2) is 42.9 Å². The Morgan fingerprint density at radius 1 is 1.04 bits per heavy atom. The Hall–Kier alpha value is -2.67. The van der Waals surface area contributed by atoms with Crippen LogP contribution < -0.4 is 0 Å². The number of rotatable bonds is 5. The maximum absolute atomic E-state index is 12.8. The van der Waals surface area contributed by atoms with Crippen LogP contribution >= 0.6 is 0 Å². The van der Waals surface area contributed by atoms with E-state index in [1.807, 2.05) is 0 Å². The Balaban J connectivity index is 1.83. The average Bonchev–Trinajstić information content (AvgIpc) is 2.68. The third-order valence-corrected chi connectivity index (χ3v) is 6.39. The highest BCUT2D eigenvalue weighted by molar-refractivity contribution is 7.90. The lowest BCUT2D eigenvalue weighted by molar-refractivity contribution is -0.143. The molecule has 7 heteroatoms. The topological polar surface area (TPSA) is 91.8 Å². The fourth-order valence-corrected chi connectivity index (χ4v) is 4.68. The molecule has 1 fully saturated rings. The number of hydrogen-bond donors (Lipinski definition) is 1. The Morgan fingerprint density at radius 2 is 1.78 bits per heavy atom. The highest BCUT2D eigenvalue weighted by Crippen LogP contribution is 2.22. The van der Waals surface area contributed by atoms with Crippen LogP contribution in [0.1, 0.15) is 35.2 Å². The first kappa shape index (κ1) is 19.1. The molecule has 1 aliphatic rings. The number of piperidine rings is 1. The zero-order valence-electron chi connectivity index (χ0n) is 14.7. The van der Waals surface area contributed by atoms with Gasteiger partial charge in [-0.3, -0.25) is 4.79 Å². The molecule has 1 aliphatic heterocycles. The Morgan fingerprint density at radius 3 is 2.48 bits per heavy atom. The third-order valence-electron chi connectivity index (χ3n) is 4.68. The van der Waals surface area contributed by atoms with Gasteiger partial charge in [-0.2, -0.15) is 0 Å². The summed E-state index contributed by atoms with van der Waals surface area (Å²) in [6.45, 7) is 0.391. The molecule has 3 rings (SSSR count). The van der Waals surface area contributed by atoms with E-state index in [1.54, 1.807) is 36.4 Å². The standard InChI is InChI=1S/C20H21NO5S/c22-19(21-12-5-4-11-18(21)20(23)24)16-8-6-7-15(13-16)14-27(25,26)17-9-2-1-3-10-17/h1-3,6-10,13,18H,4-5,11-12,14H2,(H,23,24)/t18-/m0/s1. The van der Waals surface area contributed by atoms with E-state index in [-0.39, 0.29) is 16.6 Å². The van der Waals surface area contributed by atoms with Crippen molar-refractivity contribution in [3.63, 3.8) is 0 Å². The number of carboxylic acids is 1. The van der Waals surface area contributed by atoms with Crippen LogP contribution in [0.3, 0.4) is 0 Å². The predicted molar refractivity (Wildman–Crippen MR) is 100 cm³/mol. The molecule has 0 aromatic heterocycles. The molecule has 6 nitrogen and oxygen atoms in total. The first-order valence-electron chi connectivity index (χ1n) is 8.79. The summed E-state index contributed by atoms with van der Waals surface area (Å²) in [6, 6.07) is 13.7. The molecule has 1 amide bonds. The van der Waals surface area contributed by atoms with E-state index in [9.17, 15) is 23.1 Å². The monoisotopic (exact) mass is 387 g/mol. The van der Waals surface area contributed by atoms with E-state index in [0.29, 0.717) is 24.1 Å². The van der Waals surface area contributed by atoms with Gasteiger partial charge in [0.15, 0.2) is 9.84 Å². The maximum atomic E-state index is 12.8. The largest absolute Gasteiger partial charge is 0.480 e. The number of carbonyl (C=O) groups excluding carboxylic acids is 1. The molecule has 142 valence electrons. The molecular formula is C20H21NO5S. The van der Waals surface area contributed by atoms with Crippen LogP contribution in [0, 0.1) is 0 Å². The Labute approximate surface area is 158 Å². The van der Waals surface area contributed by atoms with E-state index >= 15 is 0 Å². The number of amides is 1. The van der Waals surface area contributed by atoms with Crippen molar-refractivity contribution >= 4 is 21.7 Å². The SMILES string of the molecule is O=C(O)[C@@H]1CCCCN1C(=O)c1cccc(CS(=O)(=O)c2ccccc2)c1. The van der Waals surface area contributed by atoms with Crippen LogP contribution in [-0.2, 0) is 20.4 Å². The van der Waals surface area contributed by atoms with Crippen LogP contribution in [0.15, 0.2) is 59.5 Å². The fourth-order valence-electron chi connectivity index (χ4n) is 3.32. The highest BCUT2D eigenvalue weighted by Gasteiger charge is 2.32. The second-order valence-electron chi connectivity index (χ2n) is 6.62. The highest BCUT2D eigenvalue weighted by atomic mass is 32.2. The van der Waals surface area contributed by atoms with Crippen molar-refractivity contribution in [1.82, 2.24) is 4.90 Å². The molecule has 0 unspecified atom stereocenters. The van der Waals surface area contributed by atoms with Crippen LogP contribution in [0.4, 0.5) is 0 Å². The van der Waals surface area contributed by atoms with E-state index in [2.05, 4.69) is 0 Å². The summed E-state index contributed by atoms with van der Waals surface area (Å²) < 4.78 is 25.1. The van der Waals surface area contributed by atoms with Gasteiger partial charge in [-0.25, -0.2) is 13.2 Å². The second kappa shape index (κ2) is 7.92. The van der Waals surface area contributed by atoms with Crippen LogP contribution in [0.2, 0.25) is 0 Å². The smallest absolute Gasteiger partial charge is 0.326 e. The van der Waals surface area contributed by atoms with Gasteiger partial charge in [0.1, 0.15) is 6.04 Å². The molecule has 2 aromatic rings. The van der Waals surface area contributed by atoms with Gasteiger partial charge >= 0.3 is 5.97 Å². The number of carbonyl (C=O) groups is 2. The summed E-state index contributed by atoms with van der Waals surface area (Å²) in [7, 11) is -3.52. The molecule has 1 N–H and O–H groups in total. The third kappa shape index (κ3) is 4.36. The summed E-state index contributed by atoms with van der Waals surface area (Å²) >= 11 is 0. The minimum Gasteiger partial charge on any atom is -0.480 e. The normalized spacial score (nSPS) is 17.5. The van der Waals surface area contributed by atoms with Crippen molar-refractivity contribution in [2.45, 2.75) is 36.0 Å². The van der Waals surface area contributed by atoms with Crippen molar-refractivity contribution in [3.05, 3.63) is 65.7 Å². The van der Waals surface area contributed by atoms with Gasteiger partial charge in [-0.05, 0) is 49.1 Å². The molecule has 0 saturated carbocycles. The first-order valence-corrected chi connectivity index (χ1v) is 10.4. The summed E-state index contributed by atoms with van der Waals surface area (Å²) in [5.41, 5.74) is 0.803. The van der Waals surface area contributed by atoms with Gasteiger partial charge in [0.05, 0.1) is 10.6 Å². The number of hydrogen-bond acceptors (Lipinski definition) is 4. The minimum atomic E-state index is -3.52. The van der Waals surface area contributed by atoms with Gasteiger partial charge in [-0.1, -0.05) is 30.3 Å². The summed E-state index contributed by atoms with van der Waals surface area (Å²) in [5.74, 6) is -1.60. The summed E-state index contributed by atoms with van der Waals surface area (Å²) in [4.78, 5) is 25.9. The average molecular weight is 387 g/mol. The van der Waals surface area contributed by atoms with Crippen molar-refractivity contribution in [1.29, 1.82) is 0 Å². The van der Waals surface area contributed by atoms with E-state index in [4.69, 9.17) is 0 Å². The lowest BCUT2D eigenvalue weighted by Gasteiger charge is -2.33. The van der Waals surface area contributed by atoms with Crippen LogP contribution in [0.25, 0.3) is 0 Å². The van der Waals surface area contributed by atoms with Gasteiger partial charge < -0.3 is 10.0 Å². The zero-order chi connectivity index (χ0) is 19.4. The lowest BCUT2D eigenvalue weighted by atomic mass is 10.0. The van der Waals surface area contributed by atoms with Gasteiger partial charge in [0.2, 0.25) is 0 Å². The van der Waals surface area contributed by atoms with Crippen molar-refractivity contribution < 1.29 is 23.1 Å². The molecule has 1 saturated heterocycles. The summed E-state index contributed by atoms with van der Waals surface area (Å²) in [6.07, 6.45) is 1.97. The first-order chi connectivity index (χ1) is 12.9. The number of likely N-dealkylation sites (tertiary alicyclic amines) is 1. The molecule has 1 heterocycles. The van der Waals surface area contributed by atoms with Crippen LogP contribution in [0.5, 0.6) is 0 Å². The number of nitrogens with zero attached hydrogens (tertiary/aromatic N) is 1. The molecule has 1 atom stereocenters. The molecule has 0 spiro atoms. The molecule has 2 aromatic carbocycles. The van der Waals surface area contributed by atoms with E-state index in [1.165, 1.54) is 23.1 Å². The maximum Gasteiger partial charge on any atom is 0.326 e. The fraction of sp³-hybridized carbons (Fsp3) is 0.300. The zero-order valence-corrected chi connectivity index (χ0v) is 15.6. The van der Waals surface area contributed by atoms with Gasteiger partial charge in [0.25, 0.3) is 5.91 Å². The van der Waals surface area contributed by atoms with Crippen molar-refractivity contribution in [3.8, 4) is 0 Å². The molecule has 0 bridgehead atoms. The number of sulfone groups is 1. The molecule has 0 aliphatic carbocycles. The second-order valence-corrected chi connectivity index (χ2v) is 8.61. The lowest BCUT2D eigenvalue weighted by Crippen LogP contribution is -2.48. The summed E-state index contributed by atoms with van der Waals surface area (Å²) in [5, 5.41) is 9.36. The van der Waals surface area contributed by atoms with Crippen molar-refractivity contribution in [2.75, 3.05) is 6.54 Å². The molecular weight excluding hydrogens is 366 g/mol. The minimum absolute atomic E-state index is 0.222. The molecule has 27 heavy (non-hydrogen) atoms. The van der Waals surface area contributed by atoms with Crippen molar-refractivity contribution in [2.24, 2.45) is 0 Å². The quantitative estimate of drug-likeness (QED) is 0.852. The number of carboxylic acid groups (broad SMARTS) is 1. The number of benzene rings is 2.